The summed E-state index contributed by atoms with van der Waals surface area (Å²) in [5.41, 5.74) is 2.22. The van der Waals surface area contributed by atoms with Crippen LogP contribution >= 0.6 is 11.3 Å². The van der Waals surface area contributed by atoms with Gasteiger partial charge in [-0.1, -0.05) is 23.5 Å². The summed E-state index contributed by atoms with van der Waals surface area (Å²) in [5.74, 6) is -0.286. The Morgan fingerprint density at radius 2 is 1.82 bits per heavy atom. The second kappa shape index (κ2) is 5.92. The SMILES string of the molecule is Cn1nc(-c2ccc(C#N)cc2)s/c1=N/c1ccc(F)cc1. The zero-order chi connectivity index (χ0) is 15.5. The normalized spacial score (nSPS) is 11.4. The van der Waals surface area contributed by atoms with E-state index in [0.29, 0.717) is 16.1 Å². The number of hydrogen-bond acceptors (Lipinski definition) is 4. The van der Waals surface area contributed by atoms with Crippen molar-refractivity contribution in [1.29, 1.82) is 5.26 Å². The van der Waals surface area contributed by atoms with Crippen molar-refractivity contribution in [1.82, 2.24) is 9.78 Å². The van der Waals surface area contributed by atoms with E-state index in [1.165, 1.54) is 23.5 Å². The van der Waals surface area contributed by atoms with Gasteiger partial charge in [0.05, 0.1) is 17.3 Å². The fourth-order valence-corrected chi connectivity index (χ4v) is 2.79. The van der Waals surface area contributed by atoms with E-state index < -0.39 is 0 Å². The number of nitriles is 1. The third kappa shape index (κ3) is 2.95. The van der Waals surface area contributed by atoms with Crippen LogP contribution in [0.15, 0.2) is 53.5 Å². The van der Waals surface area contributed by atoms with E-state index in [-0.39, 0.29) is 5.82 Å². The van der Waals surface area contributed by atoms with Crippen LogP contribution in [0.1, 0.15) is 5.56 Å². The highest BCUT2D eigenvalue weighted by molar-refractivity contribution is 7.12. The zero-order valence-corrected chi connectivity index (χ0v) is 12.5. The molecule has 0 unspecified atom stereocenters. The number of aromatic nitrogens is 2. The van der Waals surface area contributed by atoms with Crippen LogP contribution < -0.4 is 4.80 Å². The fraction of sp³-hybridized carbons (Fsp3) is 0.0625. The molecule has 0 amide bonds. The van der Waals surface area contributed by atoms with Crippen LogP contribution in [-0.2, 0) is 7.05 Å². The number of benzene rings is 2. The van der Waals surface area contributed by atoms with Crippen molar-refractivity contribution in [2.45, 2.75) is 0 Å². The van der Waals surface area contributed by atoms with Crippen LogP contribution in [0.2, 0.25) is 0 Å². The number of hydrogen-bond donors (Lipinski definition) is 0. The number of nitrogens with zero attached hydrogens (tertiary/aromatic N) is 4. The van der Waals surface area contributed by atoms with Gasteiger partial charge in [0.25, 0.3) is 0 Å². The smallest absolute Gasteiger partial charge is 0.208 e. The first-order chi connectivity index (χ1) is 10.7. The Morgan fingerprint density at radius 1 is 1.14 bits per heavy atom. The molecular weight excluding hydrogens is 299 g/mol. The predicted molar refractivity (Wildman–Crippen MR) is 82.9 cm³/mol. The van der Waals surface area contributed by atoms with Gasteiger partial charge in [-0.05, 0) is 36.4 Å². The first kappa shape index (κ1) is 14.2. The molecule has 0 fully saturated rings. The molecule has 0 saturated heterocycles. The van der Waals surface area contributed by atoms with E-state index in [1.54, 1.807) is 28.9 Å². The molecule has 0 bridgehead atoms. The lowest BCUT2D eigenvalue weighted by Crippen LogP contribution is -2.10. The Labute approximate surface area is 130 Å². The molecule has 22 heavy (non-hydrogen) atoms. The van der Waals surface area contributed by atoms with Gasteiger partial charge < -0.3 is 0 Å². The minimum absolute atomic E-state index is 0.286. The van der Waals surface area contributed by atoms with Gasteiger partial charge in [-0.25, -0.2) is 14.1 Å². The summed E-state index contributed by atoms with van der Waals surface area (Å²) in [7, 11) is 1.81. The molecule has 0 aliphatic carbocycles. The van der Waals surface area contributed by atoms with Crippen LogP contribution in [0, 0.1) is 17.1 Å². The Hall–Kier alpha value is -2.78. The van der Waals surface area contributed by atoms with E-state index in [4.69, 9.17) is 5.26 Å². The molecule has 2 aromatic carbocycles. The van der Waals surface area contributed by atoms with Gasteiger partial charge in [0.2, 0.25) is 4.80 Å². The Kier molecular flexibility index (Phi) is 3.81. The summed E-state index contributed by atoms with van der Waals surface area (Å²) < 4.78 is 14.6. The predicted octanol–water partition coefficient (Wildman–Crippen LogP) is 3.39. The van der Waals surface area contributed by atoms with Crippen LogP contribution in [0.5, 0.6) is 0 Å². The van der Waals surface area contributed by atoms with Crippen LogP contribution in [0.3, 0.4) is 0 Å². The molecular formula is C16H11FN4S. The highest BCUT2D eigenvalue weighted by Gasteiger charge is 2.05. The highest BCUT2D eigenvalue weighted by Crippen LogP contribution is 2.20. The quantitative estimate of drug-likeness (QED) is 0.728. The lowest BCUT2D eigenvalue weighted by molar-refractivity contribution is 0.628. The molecule has 3 aromatic rings. The van der Waals surface area contributed by atoms with E-state index in [1.807, 2.05) is 19.2 Å². The number of aryl methyl sites for hydroxylation is 1. The van der Waals surface area contributed by atoms with Crippen LogP contribution in [0.4, 0.5) is 10.1 Å². The molecule has 6 heteroatoms. The summed E-state index contributed by atoms with van der Waals surface area (Å²) >= 11 is 1.43. The molecule has 0 atom stereocenters. The van der Waals surface area contributed by atoms with Gasteiger partial charge in [0, 0.05) is 12.6 Å². The summed E-state index contributed by atoms with van der Waals surface area (Å²) in [6, 6.07) is 15.3. The molecule has 1 aromatic heterocycles. The first-order valence-electron chi connectivity index (χ1n) is 6.51. The molecule has 0 N–H and O–H groups in total. The van der Waals surface area contributed by atoms with Crippen molar-refractivity contribution in [2.75, 3.05) is 0 Å². The molecule has 0 saturated carbocycles. The molecule has 0 spiro atoms. The van der Waals surface area contributed by atoms with Gasteiger partial charge in [-0.15, -0.1) is 0 Å². The number of halogens is 1. The van der Waals surface area contributed by atoms with Gasteiger partial charge in [-0.3, -0.25) is 0 Å². The van der Waals surface area contributed by atoms with E-state index in [0.717, 1.165) is 10.6 Å². The molecule has 4 nitrogen and oxygen atoms in total. The van der Waals surface area contributed by atoms with E-state index in [9.17, 15) is 4.39 Å². The van der Waals surface area contributed by atoms with Crippen molar-refractivity contribution in [3.05, 3.63) is 64.7 Å². The maximum Gasteiger partial charge on any atom is 0.208 e. The largest absolute Gasteiger partial charge is 0.241 e. The van der Waals surface area contributed by atoms with E-state index in [2.05, 4.69) is 16.2 Å². The van der Waals surface area contributed by atoms with Crippen molar-refractivity contribution in [3.63, 3.8) is 0 Å². The van der Waals surface area contributed by atoms with Gasteiger partial charge in [-0.2, -0.15) is 10.4 Å². The Balaban J connectivity index is 1.99. The second-order valence-corrected chi connectivity index (χ2v) is 5.55. The monoisotopic (exact) mass is 310 g/mol. The molecule has 3 rings (SSSR count). The highest BCUT2D eigenvalue weighted by atomic mass is 32.1. The first-order valence-corrected chi connectivity index (χ1v) is 7.32. The third-order valence-corrected chi connectivity index (χ3v) is 4.07. The lowest BCUT2D eigenvalue weighted by atomic mass is 10.2. The van der Waals surface area contributed by atoms with Crippen molar-refractivity contribution < 1.29 is 4.39 Å². The summed E-state index contributed by atoms with van der Waals surface area (Å²) in [5, 5.41) is 14.1. The van der Waals surface area contributed by atoms with Gasteiger partial charge in [0.1, 0.15) is 10.8 Å². The molecule has 0 radical (unpaired) electrons. The standard InChI is InChI=1S/C16H11FN4S/c1-21-16(19-14-8-6-13(17)7-9-14)22-15(20-21)12-4-2-11(10-18)3-5-12/h2-9H,1H3/b19-16+. The van der Waals surface area contributed by atoms with Crippen LogP contribution in [-0.4, -0.2) is 9.78 Å². The summed E-state index contributed by atoms with van der Waals surface area (Å²) in [6.45, 7) is 0. The van der Waals surface area contributed by atoms with E-state index >= 15 is 0 Å². The minimum Gasteiger partial charge on any atom is -0.241 e. The average molecular weight is 310 g/mol. The van der Waals surface area contributed by atoms with Crippen molar-refractivity contribution in [3.8, 4) is 16.6 Å². The summed E-state index contributed by atoms with van der Waals surface area (Å²) in [6.07, 6.45) is 0. The molecule has 108 valence electrons. The van der Waals surface area contributed by atoms with Crippen molar-refractivity contribution in [2.24, 2.45) is 12.0 Å². The Bertz CT molecular complexity index is 899. The molecule has 1 heterocycles. The maximum absolute atomic E-state index is 12.9. The average Bonchev–Trinajstić information content (AvgIpc) is 2.91. The van der Waals surface area contributed by atoms with Crippen LogP contribution in [0.25, 0.3) is 10.6 Å². The third-order valence-electron chi connectivity index (χ3n) is 3.02. The topological polar surface area (TPSA) is 54.0 Å². The Morgan fingerprint density at radius 3 is 2.45 bits per heavy atom. The summed E-state index contributed by atoms with van der Waals surface area (Å²) in [4.78, 5) is 5.18. The number of rotatable bonds is 2. The second-order valence-electron chi connectivity index (χ2n) is 4.59. The lowest BCUT2D eigenvalue weighted by Gasteiger charge is -1.94. The minimum atomic E-state index is -0.286. The van der Waals surface area contributed by atoms with Crippen molar-refractivity contribution >= 4 is 17.0 Å². The van der Waals surface area contributed by atoms with Gasteiger partial charge in [0.15, 0.2) is 0 Å². The van der Waals surface area contributed by atoms with Gasteiger partial charge >= 0.3 is 0 Å². The molecule has 0 aliphatic heterocycles. The fourth-order valence-electron chi connectivity index (χ4n) is 1.88. The maximum atomic E-state index is 12.9. The zero-order valence-electron chi connectivity index (χ0n) is 11.7. The molecule has 0 aliphatic rings.